The van der Waals surface area contributed by atoms with Crippen molar-refractivity contribution in [2.45, 2.75) is 64.3 Å². The van der Waals surface area contributed by atoms with Gasteiger partial charge in [-0.2, -0.15) is 0 Å². The van der Waals surface area contributed by atoms with Crippen molar-refractivity contribution in [2.75, 3.05) is 40.3 Å². The second-order valence-corrected chi connectivity index (χ2v) is 10.5. The van der Waals surface area contributed by atoms with Crippen LogP contribution in [0.2, 0.25) is 0 Å². The van der Waals surface area contributed by atoms with Gasteiger partial charge in [-0.3, -0.25) is 0 Å². The molecule has 1 aromatic heterocycles. The lowest BCUT2D eigenvalue weighted by Crippen LogP contribution is -2.46. The molecule has 4 nitrogen and oxygen atoms in total. The van der Waals surface area contributed by atoms with E-state index in [1.54, 1.807) is 7.11 Å². The van der Waals surface area contributed by atoms with Gasteiger partial charge in [0, 0.05) is 22.5 Å². The second kappa shape index (κ2) is 11.0. The smallest absolute Gasteiger partial charge is 0.0931 e. The Morgan fingerprint density at radius 3 is 2.44 bits per heavy atom. The largest absolute Gasteiger partial charge is 0.501 e. The number of rotatable bonds is 7. The molecule has 184 valence electrons. The fourth-order valence-electron chi connectivity index (χ4n) is 5.88. The van der Waals surface area contributed by atoms with Crippen LogP contribution in [0.3, 0.4) is 0 Å². The molecular weight excluding hydrogens is 418 g/mol. The molecule has 0 aliphatic carbocycles. The third kappa shape index (κ3) is 5.34. The molecular formula is C30H43N3O. The van der Waals surface area contributed by atoms with E-state index in [0.29, 0.717) is 11.8 Å². The Morgan fingerprint density at radius 1 is 1.12 bits per heavy atom. The molecule has 0 radical (unpaired) electrons. The summed E-state index contributed by atoms with van der Waals surface area (Å²) in [5, 5.41) is 1.36. The molecule has 2 aliphatic heterocycles. The number of likely N-dealkylation sites (tertiary alicyclic amines) is 2. The SMILES string of the molecule is C=C/C=C(\C=C(/C)OC)c1[nH]c2ccc(C3CCN(C4CCN(C)CC4)CC3)cc2c1C(C)C. The molecule has 0 amide bonds. The van der Waals surface area contributed by atoms with Gasteiger partial charge in [0.1, 0.15) is 0 Å². The van der Waals surface area contributed by atoms with Crippen molar-refractivity contribution >= 4 is 16.5 Å². The number of H-pyrrole nitrogens is 1. The number of benzene rings is 1. The minimum atomic E-state index is 0.412. The number of nitrogens with one attached hydrogen (secondary N) is 1. The van der Waals surface area contributed by atoms with Gasteiger partial charge < -0.3 is 19.5 Å². The first-order chi connectivity index (χ1) is 16.4. The van der Waals surface area contributed by atoms with Crippen LogP contribution in [0.25, 0.3) is 16.5 Å². The molecule has 2 aliphatic rings. The molecule has 34 heavy (non-hydrogen) atoms. The molecule has 0 bridgehead atoms. The highest BCUT2D eigenvalue weighted by Gasteiger charge is 2.28. The van der Waals surface area contributed by atoms with Crippen LogP contribution in [0.4, 0.5) is 0 Å². The van der Waals surface area contributed by atoms with E-state index in [4.69, 9.17) is 4.74 Å². The highest BCUT2D eigenvalue weighted by molar-refractivity contribution is 5.92. The van der Waals surface area contributed by atoms with Gasteiger partial charge >= 0.3 is 0 Å². The number of hydrogen-bond donors (Lipinski definition) is 1. The van der Waals surface area contributed by atoms with Crippen LogP contribution in [0.1, 0.15) is 75.1 Å². The van der Waals surface area contributed by atoms with Crippen molar-refractivity contribution in [1.29, 1.82) is 0 Å². The highest BCUT2D eigenvalue weighted by atomic mass is 16.5. The zero-order valence-corrected chi connectivity index (χ0v) is 21.9. The highest BCUT2D eigenvalue weighted by Crippen LogP contribution is 2.38. The number of ether oxygens (including phenoxy) is 1. The van der Waals surface area contributed by atoms with Crippen LogP contribution in [-0.2, 0) is 4.74 Å². The molecule has 4 heteroatoms. The Hall–Kier alpha value is -2.30. The molecule has 0 unspecified atom stereocenters. The summed E-state index contributed by atoms with van der Waals surface area (Å²) in [5.74, 6) is 1.96. The molecule has 0 atom stereocenters. The number of nitrogens with zero attached hydrogens (tertiary/aromatic N) is 2. The van der Waals surface area contributed by atoms with Crippen LogP contribution >= 0.6 is 0 Å². The topological polar surface area (TPSA) is 31.5 Å². The lowest BCUT2D eigenvalue weighted by atomic mass is 9.86. The van der Waals surface area contributed by atoms with E-state index in [1.807, 2.05) is 13.0 Å². The Morgan fingerprint density at radius 2 is 1.82 bits per heavy atom. The number of allylic oxidation sites excluding steroid dienone is 5. The standard InChI is InChI=1S/C30H43N3O/c1-7-8-25(19-22(4)34-6)30-29(21(2)3)27-20-24(9-10-28(27)31-30)23-11-17-33(18-12-23)26-13-15-32(5)16-14-26/h7-10,19-21,23,26,31H,1,11-18H2,2-6H3/b22-19+,25-8+. The molecule has 1 aromatic carbocycles. The lowest BCUT2D eigenvalue weighted by Gasteiger charge is -2.41. The van der Waals surface area contributed by atoms with Crippen molar-refractivity contribution in [3.63, 3.8) is 0 Å². The summed E-state index contributed by atoms with van der Waals surface area (Å²) < 4.78 is 5.44. The quantitative estimate of drug-likeness (QED) is 0.368. The molecule has 4 rings (SSSR count). The minimum Gasteiger partial charge on any atom is -0.501 e. The van der Waals surface area contributed by atoms with Gasteiger partial charge in [0.15, 0.2) is 0 Å². The van der Waals surface area contributed by atoms with E-state index in [0.717, 1.165) is 17.4 Å². The van der Waals surface area contributed by atoms with Gasteiger partial charge in [0.2, 0.25) is 0 Å². The van der Waals surface area contributed by atoms with Gasteiger partial charge in [0.05, 0.1) is 18.6 Å². The fourth-order valence-corrected chi connectivity index (χ4v) is 5.88. The van der Waals surface area contributed by atoms with Crippen LogP contribution < -0.4 is 0 Å². The first-order valence-corrected chi connectivity index (χ1v) is 13.0. The summed E-state index contributed by atoms with van der Waals surface area (Å²) >= 11 is 0. The molecule has 2 aromatic rings. The zero-order chi connectivity index (χ0) is 24.2. The molecule has 1 N–H and O–H groups in total. The monoisotopic (exact) mass is 461 g/mol. The van der Waals surface area contributed by atoms with E-state index in [1.165, 1.54) is 79.6 Å². The van der Waals surface area contributed by atoms with Gasteiger partial charge in [-0.1, -0.05) is 38.6 Å². The number of piperidine rings is 2. The van der Waals surface area contributed by atoms with Crippen molar-refractivity contribution in [1.82, 2.24) is 14.8 Å². The summed E-state index contributed by atoms with van der Waals surface area (Å²) in [5.41, 5.74) is 6.39. The summed E-state index contributed by atoms with van der Waals surface area (Å²) in [6, 6.07) is 7.91. The van der Waals surface area contributed by atoms with Crippen molar-refractivity contribution < 1.29 is 4.74 Å². The number of aromatic nitrogens is 1. The maximum absolute atomic E-state index is 5.44. The van der Waals surface area contributed by atoms with Crippen LogP contribution in [-0.4, -0.2) is 61.2 Å². The van der Waals surface area contributed by atoms with Gasteiger partial charge in [-0.15, -0.1) is 0 Å². The van der Waals surface area contributed by atoms with E-state index < -0.39 is 0 Å². The normalized spacial score (nSPS) is 20.4. The van der Waals surface area contributed by atoms with Gasteiger partial charge in [0.25, 0.3) is 0 Å². The number of fused-ring (bicyclic) bond motifs is 1. The van der Waals surface area contributed by atoms with Crippen molar-refractivity contribution in [3.8, 4) is 0 Å². The van der Waals surface area contributed by atoms with Crippen molar-refractivity contribution in [3.05, 3.63) is 65.6 Å². The number of hydrogen-bond acceptors (Lipinski definition) is 3. The lowest BCUT2D eigenvalue weighted by molar-refractivity contribution is 0.0966. The predicted octanol–water partition coefficient (Wildman–Crippen LogP) is 6.68. The van der Waals surface area contributed by atoms with Crippen molar-refractivity contribution in [2.24, 2.45) is 0 Å². The molecule has 2 saturated heterocycles. The van der Waals surface area contributed by atoms with E-state index in [9.17, 15) is 0 Å². The first-order valence-electron chi connectivity index (χ1n) is 13.0. The van der Waals surface area contributed by atoms with E-state index >= 15 is 0 Å². The average molecular weight is 462 g/mol. The Labute approximate surface area is 206 Å². The van der Waals surface area contributed by atoms with E-state index in [2.05, 4.69) is 72.6 Å². The maximum atomic E-state index is 5.44. The minimum absolute atomic E-state index is 0.412. The summed E-state index contributed by atoms with van der Waals surface area (Å²) in [7, 11) is 3.97. The molecule has 2 fully saturated rings. The molecule has 0 spiro atoms. The average Bonchev–Trinajstić information content (AvgIpc) is 3.23. The third-order valence-corrected chi connectivity index (χ3v) is 7.91. The maximum Gasteiger partial charge on any atom is 0.0931 e. The first kappa shape index (κ1) is 24.8. The Balaban J connectivity index is 1.59. The second-order valence-electron chi connectivity index (χ2n) is 10.5. The van der Waals surface area contributed by atoms with Crippen LogP contribution in [0, 0.1) is 0 Å². The summed E-state index contributed by atoms with van der Waals surface area (Å²) in [6.45, 7) is 15.5. The predicted molar refractivity (Wildman–Crippen MR) is 145 cm³/mol. The summed E-state index contributed by atoms with van der Waals surface area (Å²) in [4.78, 5) is 8.96. The molecule has 0 saturated carbocycles. The third-order valence-electron chi connectivity index (χ3n) is 7.91. The number of methoxy groups -OCH3 is 1. The fraction of sp³-hybridized carbons (Fsp3) is 0.533. The Kier molecular flexibility index (Phi) is 8.00. The summed E-state index contributed by atoms with van der Waals surface area (Å²) in [6.07, 6.45) is 11.2. The number of aromatic amines is 1. The van der Waals surface area contributed by atoms with Crippen LogP contribution in [0.5, 0.6) is 0 Å². The van der Waals surface area contributed by atoms with Crippen LogP contribution in [0.15, 0.2) is 48.8 Å². The van der Waals surface area contributed by atoms with Gasteiger partial charge in [-0.25, -0.2) is 0 Å². The Bertz CT molecular complexity index is 1040. The van der Waals surface area contributed by atoms with Gasteiger partial charge in [-0.05, 0) is 107 Å². The zero-order valence-electron chi connectivity index (χ0n) is 21.9. The molecule has 3 heterocycles. The van der Waals surface area contributed by atoms with E-state index in [-0.39, 0.29) is 0 Å².